The fourth-order valence-corrected chi connectivity index (χ4v) is 4.61. The minimum Gasteiger partial charge on any atom is -0.491 e. The van der Waals surface area contributed by atoms with E-state index < -0.39 is 0 Å². The lowest BCUT2D eigenvalue weighted by molar-refractivity contribution is 0.0950. The minimum absolute atomic E-state index is 0.0674. The summed E-state index contributed by atoms with van der Waals surface area (Å²) in [6.45, 7) is 2.82. The molecule has 1 heterocycles. The number of halogens is 3. The molecule has 8 nitrogen and oxygen atoms in total. The molecule has 1 unspecified atom stereocenters. The molecule has 0 aliphatic rings. The van der Waals surface area contributed by atoms with Gasteiger partial charge in [-0.3, -0.25) is 4.79 Å². The maximum Gasteiger partial charge on any atom is 0.251 e. The SMILES string of the molecule is CCCCC(COc1ccc(-c2ccc(Cl)cc2Cl)c(Cl)c1)Nc1ccc(C(=O)NCc2nnn[nH]2)cc1. The van der Waals surface area contributed by atoms with Crippen LogP contribution in [0.1, 0.15) is 42.4 Å². The zero-order chi connectivity index (χ0) is 26.9. The third-order valence-electron chi connectivity index (χ3n) is 5.84. The van der Waals surface area contributed by atoms with Crippen LogP contribution in [0.4, 0.5) is 5.69 Å². The van der Waals surface area contributed by atoms with Crippen LogP contribution in [-0.4, -0.2) is 39.2 Å². The standard InChI is InChI=1S/C27H27Cl3N6O2/c1-2-3-4-20(32-19-8-5-17(6-9-19)27(37)31-15-26-33-35-36-34-26)16-38-21-10-12-23(25(30)14-21)22-11-7-18(28)13-24(22)29/h5-14,20,32H,2-4,15-16H2,1H3,(H,31,37)(H,33,34,35,36). The number of carbonyl (C=O) groups is 1. The van der Waals surface area contributed by atoms with Gasteiger partial charge in [-0.2, -0.15) is 0 Å². The van der Waals surface area contributed by atoms with Gasteiger partial charge in [0.05, 0.1) is 17.6 Å². The van der Waals surface area contributed by atoms with Crippen molar-refractivity contribution < 1.29 is 9.53 Å². The topological polar surface area (TPSA) is 105 Å². The molecule has 4 rings (SSSR count). The van der Waals surface area contributed by atoms with E-state index in [2.05, 4.69) is 38.2 Å². The van der Waals surface area contributed by atoms with E-state index in [-0.39, 0.29) is 18.5 Å². The van der Waals surface area contributed by atoms with Gasteiger partial charge in [-0.25, -0.2) is 5.10 Å². The van der Waals surface area contributed by atoms with Crippen LogP contribution in [-0.2, 0) is 6.54 Å². The predicted molar refractivity (Wildman–Crippen MR) is 151 cm³/mol. The first-order valence-electron chi connectivity index (χ1n) is 12.2. The number of nitrogens with zero attached hydrogens (tertiary/aromatic N) is 3. The molecule has 3 aromatic carbocycles. The average molecular weight is 574 g/mol. The Bertz CT molecular complexity index is 1350. The lowest BCUT2D eigenvalue weighted by atomic mass is 10.1. The second-order valence-corrected chi connectivity index (χ2v) is 9.92. The summed E-state index contributed by atoms with van der Waals surface area (Å²) in [5.74, 6) is 0.945. The number of benzene rings is 3. The number of hydrogen-bond donors (Lipinski definition) is 3. The normalized spacial score (nSPS) is 11.7. The number of aromatic nitrogens is 4. The van der Waals surface area contributed by atoms with Gasteiger partial charge < -0.3 is 15.4 Å². The van der Waals surface area contributed by atoms with Crippen LogP contribution in [0.5, 0.6) is 5.75 Å². The lowest BCUT2D eigenvalue weighted by Gasteiger charge is -2.21. The molecule has 198 valence electrons. The van der Waals surface area contributed by atoms with Gasteiger partial charge in [-0.05, 0) is 71.4 Å². The monoisotopic (exact) mass is 572 g/mol. The van der Waals surface area contributed by atoms with Crippen LogP contribution in [0, 0.1) is 0 Å². The molecular formula is C27H27Cl3N6O2. The molecule has 1 aromatic heterocycles. The van der Waals surface area contributed by atoms with Crippen molar-refractivity contribution in [3.8, 4) is 16.9 Å². The number of tetrazole rings is 1. The van der Waals surface area contributed by atoms with E-state index in [4.69, 9.17) is 39.5 Å². The van der Waals surface area contributed by atoms with Crippen molar-refractivity contribution in [3.05, 3.63) is 87.1 Å². The molecule has 38 heavy (non-hydrogen) atoms. The quantitative estimate of drug-likeness (QED) is 0.172. The maximum absolute atomic E-state index is 12.4. The second kappa shape index (κ2) is 13.5. The number of hydrogen-bond acceptors (Lipinski definition) is 6. The first kappa shape index (κ1) is 27.7. The largest absolute Gasteiger partial charge is 0.491 e. The van der Waals surface area contributed by atoms with Crippen LogP contribution in [0.25, 0.3) is 11.1 Å². The van der Waals surface area contributed by atoms with Gasteiger partial charge in [-0.15, -0.1) is 5.10 Å². The zero-order valence-corrected chi connectivity index (χ0v) is 22.9. The van der Waals surface area contributed by atoms with Crippen molar-refractivity contribution in [2.75, 3.05) is 11.9 Å². The third-order valence-corrected chi connectivity index (χ3v) is 6.70. The summed E-state index contributed by atoms with van der Waals surface area (Å²) >= 11 is 18.9. The molecule has 1 amide bonds. The first-order chi connectivity index (χ1) is 18.4. The van der Waals surface area contributed by atoms with E-state index >= 15 is 0 Å². The Hall–Kier alpha value is -3.33. The number of H-pyrrole nitrogens is 1. The zero-order valence-electron chi connectivity index (χ0n) is 20.7. The number of amides is 1. The van der Waals surface area contributed by atoms with Gasteiger partial charge in [0.1, 0.15) is 12.4 Å². The highest BCUT2D eigenvalue weighted by Crippen LogP contribution is 2.36. The van der Waals surface area contributed by atoms with Crippen LogP contribution in [0.15, 0.2) is 60.7 Å². The molecule has 0 fully saturated rings. The Kier molecular flexibility index (Phi) is 9.81. The number of nitrogens with one attached hydrogen (secondary N) is 3. The van der Waals surface area contributed by atoms with E-state index in [0.29, 0.717) is 38.8 Å². The molecule has 4 aromatic rings. The van der Waals surface area contributed by atoms with Gasteiger partial charge >= 0.3 is 0 Å². The summed E-state index contributed by atoms with van der Waals surface area (Å²) in [6, 6.07) is 18.3. The Morgan fingerprint density at radius 1 is 1.00 bits per heavy atom. The van der Waals surface area contributed by atoms with Crippen molar-refractivity contribution >= 4 is 46.4 Å². The molecule has 11 heteroatoms. The molecule has 0 aliphatic carbocycles. The summed E-state index contributed by atoms with van der Waals surface area (Å²) in [5, 5.41) is 21.3. The Morgan fingerprint density at radius 2 is 1.74 bits per heavy atom. The number of carbonyl (C=O) groups excluding carboxylic acids is 1. The Balaban J connectivity index is 1.36. The number of aromatic amines is 1. The second-order valence-electron chi connectivity index (χ2n) is 8.67. The van der Waals surface area contributed by atoms with Gasteiger partial charge in [0.25, 0.3) is 5.91 Å². The molecule has 0 saturated carbocycles. The van der Waals surface area contributed by atoms with Crippen LogP contribution >= 0.6 is 34.8 Å². The fourth-order valence-electron chi connectivity index (χ4n) is 3.83. The number of unbranched alkanes of at least 4 members (excludes halogenated alkanes) is 1. The van der Waals surface area contributed by atoms with Crippen LogP contribution in [0.3, 0.4) is 0 Å². The molecule has 0 bridgehead atoms. The highest BCUT2D eigenvalue weighted by molar-refractivity contribution is 6.38. The van der Waals surface area contributed by atoms with Crippen molar-refractivity contribution in [1.82, 2.24) is 25.9 Å². The van der Waals surface area contributed by atoms with E-state index in [1.54, 1.807) is 30.3 Å². The number of rotatable bonds is 12. The first-order valence-corrected chi connectivity index (χ1v) is 13.3. The van der Waals surface area contributed by atoms with E-state index in [1.165, 1.54) is 0 Å². The molecular weight excluding hydrogens is 547 g/mol. The van der Waals surface area contributed by atoms with Gasteiger partial charge in [0, 0.05) is 32.4 Å². The van der Waals surface area contributed by atoms with Gasteiger partial charge in [0.15, 0.2) is 5.82 Å². The maximum atomic E-state index is 12.4. The molecule has 1 atom stereocenters. The smallest absolute Gasteiger partial charge is 0.251 e. The molecule has 0 saturated heterocycles. The predicted octanol–water partition coefficient (Wildman–Crippen LogP) is 6.81. The molecule has 0 radical (unpaired) electrons. The van der Waals surface area contributed by atoms with E-state index in [0.717, 1.165) is 36.1 Å². The van der Waals surface area contributed by atoms with Gasteiger partial charge in [0.2, 0.25) is 0 Å². The minimum atomic E-state index is -0.209. The Morgan fingerprint density at radius 3 is 2.39 bits per heavy atom. The van der Waals surface area contributed by atoms with E-state index in [1.807, 2.05) is 30.3 Å². The highest BCUT2D eigenvalue weighted by atomic mass is 35.5. The van der Waals surface area contributed by atoms with Crippen molar-refractivity contribution in [1.29, 1.82) is 0 Å². The Labute approximate surface area is 236 Å². The molecule has 0 spiro atoms. The lowest BCUT2D eigenvalue weighted by Crippen LogP contribution is -2.27. The fraction of sp³-hybridized carbons (Fsp3) is 0.259. The van der Waals surface area contributed by atoms with Crippen molar-refractivity contribution in [2.24, 2.45) is 0 Å². The summed E-state index contributed by atoms with van der Waals surface area (Å²) < 4.78 is 6.10. The van der Waals surface area contributed by atoms with Crippen molar-refractivity contribution in [2.45, 2.75) is 38.8 Å². The van der Waals surface area contributed by atoms with Crippen LogP contribution in [0.2, 0.25) is 15.1 Å². The van der Waals surface area contributed by atoms with Crippen molar-refractivity contribution in [3.63, 3.8) is 0 Å². The summed E-state index contributed by atoms with van der Waals surface area (Å²) in [7, 11) is 0. The molecule has 0 aliphatic heterocycles. The highest BCUT2D eigenvalue weighted by Gasteiger charge is 2.13. The van der Waals surface area contributed by atoms with Gasteiger partial charge in [-0.1, -0.05) is 60.6 Å². The average Bonchev–Trinajstić information content (AvgIpc) is 3.44. The third kappa shape index (κ3) is 7.60. The summed E-state index contributed by atoms with van der Waals surface area (Å²) in [5.41, 5.74) is 3.06. The van der Waals surface area contributed by atoms with Crippen LogP contribution < -0.4 is 15.4 Å². The molecule has 3 N–H and O–H groups in total. The van der Waals surface area contributed by atoms with E-state index in [9.17, 15) is 4.79 Å². The number of ether oxygens (including phenoxy) is 1. The summed E-state index contributed by atoms with van der Waals surface area (Å²) in [6.07, 6.45) is 3.04. The summed E-state index contributed by atoms with van der Waals surface area (Å²) in [4.78, 5) is 12.4. The number of anilines is 1.